The van der Waals surface area contributed by atoms with Crippen LogP contribution in [-0.2, 0) is 9.59 Å². The molecule has 0 aromatic carbocycles. The lowest BCUT2D eigenvalue weighted by molar-refractivity contribution is -0.144. The molecule has 13 heavy (non-hydrogen) atoms. The van der Waals surface area contributed by atoms with Gasteiger partial charge in [-0.1, -0.05) is 6.92 Å². The van der Waals surface area contributed by atoms with Crippen LogP contribution < -0.4 is 11.1 Å². The van der Waals surface area contributed by atoms with Gasteiger partial charge in [-0.15, -0.1) is 0 Å². The number of carbonyl (C=O) groups excluding carboxylic acids is 1. The van der Waals surface area contributed by atoms with E-state index in [0.717, 1.165) is 0 Å². The third-order valence-corrected chi connectivity index (χ3v) is 2.14. The number of primary amides is 1. The maximum absolute atomic E-state index is 10.8. The van der Waals surface area contributed by atoms with Gasteiger partial charge >= 0.3 is 5.97 Å². The number of nitrogens with two attached hydrogens (primary N) is 1. The van der Waals surface area contributed by atoms with Crippen LogP contribution in [-0.4, -0.2) is 28.6 Å². The number of nitrogens with one attached hydrogen (secondary N) is 1. The van der Waals surface area contributed by atoms with Gasteiger partial charge in [0.05, 0.1) is 6.04 Å². The first-order valence-corrected chi connectivity index (χ1v) is 4.14. The Morgan fingerprint density at radius 2 is 2.08 bits per heavy atom. The van der Waals surface area contributed by atoms with Gasteiger partial charge in [0.25, 0.3) is 0 Å². The van der Waals surface area contributed by atoms with Crippen molar-refractivity contribution >= 4 is 11.9 Å². The van der Waals surface area contributed by atoms with Crippen LogP contribution in [0.1, 0.15) is 27.2 Å². The summed E-state index contributed by atoms with van der Waals surface area (Å²) in [6.45, 7) is 4.79. The normalized spacial score (nSPS) is 17.5. The molecule has 0 saturated heterocycles. The molecular weight excluding hydrogens is 172 g/mol. The van der Waals surface area contributed by atoms with Gasteiger partial charge < -0.3 is 10.8 Å². The van der Waals surface area contributed by atoms with Gasteiger partial charge in [0.1, 0.15) is 5.54 Å². The molecule has 0 spiro atoms. The van der Waals surface area contributed by atoms with Crippen LogP contribution >= 0.6 is 0 Å². The van der Waals surface area contributed by atoms with Crippen LogP contribution in [0.25, 0.3) is 0 Å². The Kier molecular flexibility index (Phi) is 3.87. The van der Waals surface area contributed by atoms with E-state index in [-0.39, 0.29) is 0 Å². The minimum absolute atomic E-state index is 0.389. The summed E-state index contributed by atoms with van der Waals surface area (Å²) in [4.78, 5) is 21.5. The zero-order valence-corrected chi connectivity index (χ0v) is 8.13. The minimum atomic E-state index is -1.09. The molecular formula is C8H16N2O3. The molecule has 0 saturated carbocycles. The highest BCUT2D eigenvalue weighted by Crippen LogP contribution is 2.10. The van der Waals surface area contributed by atoms with Crippen LogP contribution in [0, 0.1) is 0 Å². The molecule has 0 aromatic heterocycles. The summed E-state index contributed by atoms with van der Waals surface area (Å²) in [7, 11) is 0. The summed E-state index contributed by atoms with van der Waals surface area (Å²) >= 11 is 0. The predicted octanol–water partition coefficient (Wildman–Crippen LogP) is -0.297. The summed E-state index contributed by atoms with van der Waals surface area (Å²) in [6, 6.07) is -0.638. The molecule has 0 bridgehead atoms. The molecule has 0 aliphatic heterocycles. The van der Waals surface area contributed by atoms with E-state index in [0.29, 0.717) is 6.42 Å². The molecule has 0 rings (SSSR count). The Balaban J connectivity index is 4.45. The van der Waals surface area contributed by atoms with Crippen molar-refractivity contribution in [3.8, 4) is 0 Å². The topological polar surface area (TPSA) is 92.4 Å². The van der Waals surface area contributed by atoms with Crippen molar-refractivity contribution in [3.05, 3.63) is 0 Å². The van der Waals surface area contributed by atoms with Crippen molar-refractivity contribution in [3.63, 3.8) is 0 Å². The van der Waals surface area contributed by atoms with Crippen LogP contribution in [0.15, 0.2) is 0 Å². The van der Waals surface area contributed by atoms with Gasteiger partial charge in [-0.2, -0.15) is 0 Å². The van der Waals surface area contributed by atoms with Crippen molar-refractivity contribution in [2.24, 2.45) is 5.73 Å². The Bertz CT molecular complexity index is 217. The predicted molar refractivity (Wildman–Crippen MR) is 48.1 cm³/mol. The fourth-order valence-corrected chi connectivity index (χ4v) is 0.864. The fraction of sp³-hybridized carbons (Fsp3) is 0.750. The third-order valence-electron chi connectivity index (χ3n) is 2.14. The summed E-state index contributed by atoms with van der Waals surface area (Å²) < 4.78 is 0. The molecule has 0 aliphatic carbocycles. The zero-order chi connectivity index (χ0) is 10.6. The average Bonchev–Trinajstić information content (AvgIpc) is 2.03. The summed E-state index contributed by atoms with van der Waals surface area (Å²) in [5, 5.41) is 11.5. The van der Waals surface area contributed by atoms with Crippen molar-refractivity contribution < 1.29 is 14.7 Å². The van der Waals surface area contributed by atoms with E-state index in [4.69, 9.17) is 10.8 Å². The monoisotopic (exact) mass is 188 g/mol. The largest absolute Gasteiger partial charge is 0.480 e. The lowest BCUT2D eigenvalue weighted by Crippen LogP contribution is -2.56. The lowest BCUT2D eigenvalue weighted by atomic mass is 9.98. The van der Waals surface area contributed by atoms with Crippen molar-refractivity contribution in [1.29, 1.82) is 0 Å². The molecule has 1 amide bonds. The van der Waals surface area contributed by atoms with Crippen LogP contribution in [0.5, 0.6) is 0 Å². The maximum Gasteiger partial charge on any atom is 0.323 e. The molecule has 5 heteroatoms. The summed E-state index contributed by atoms with van der Waals surface area (Å²) in [5.74, 6) is -1.54. The Morgan fingerprint density at radius 1 is 1.62 bits per heavy atom. The molecule has 0 fully saturated rings. The van der Waals surface area contributed by atoms with E-state index in [1.165, 1.54) is 6.92 Å². The fourth-order valence-electron chi connectivity index (χ4n) is 0.864. The standard InChI is InChI=1S/C8H16N2O3/c1-4-8(3,7(12)13)10-5(2)6(9)11/h5,10H,4H2,1-3H3,(H2,9,11)(H,12,13). The van der Waals surface area contributed by atoms with Gasteiger partial charge in [0.2, 0.25) is 5.91 Å². The van der Waals surface area contributed by atoms with E-state index in [2.05, 4.69) is 5.32 Å². The molecule has 4 N–H and O–H groups in total. The first-order chi connectivity index (χ1) is 5.83. The summed E-state index contributed by atoms with van der Waals surface area (Å²) in [5.41, 5.74) is 3.91. The number of aliphatic carboxylic acids is 1. The highest BCUT2D eigenvalue weighted by molar-refractivity contribution is 5.82. The number of hydrogen-bond donors (Lipinski definition) is 3. The van der Waals surface area contributed by atoms with Gasteiger partial charge in [0.15, 0.2) is 0 Å². The second-order valence-electron chi connectivity index (χ2n) is 3.26. The van der Waals surface area contributed by atoms with Crippen LogP contribution in [0.2, 0.25) is 0 Å². The number of carboxylic acids is 1. The van der Waals surface area contributed by atoms with Crippen molar-refractivity contribution in [1.82, 2.24) is 5.32 Å². The molecule has 2 atom stereocenters. The number of rotatable bonds is 5. The number of carbonyl (C=O) groups is 2. The minimum Gasteiger partial charge on any atom is -0.480 e. The van der Waals surface area contributed by atoms with Gasteiger partial charge in [0, 0.05) is 0 Å². The first kappa shape index (κ1) is 11.9. The maximum atomic E-state index is 10.8. The van der Waals surface area contributed by atoms with Crippen LogP contribution in [0.3, 0.4) is 0 Å². The first-order valence-electron chi connectivity index (χ1n) is 4.14. The smallest absolute Gasteiger partial charge is 0.323 e. The highest BCUT2D eigenvalue weighted by Gasteiger charge is 2.33. The third kappa shape index (κ3) is 3.02. The number of hydrogen-bond acceptors (Lipinski definition) is 3. The van der Waals surface area contributed by atoms with Gasteiger partial charge in [-0.05, 0) is 20.3 Å². The Hall–Kier alpha value is -1.10. The van der Waals surface area contributed by atoms with Crippen LogP contribution in [0.4, 0.5) is 0 Å². The van der Waals surface area contributed by atoms with E-state index in [1.54, 1.807) is 13.8 Å². The van der Waals surface area contributed by atoms with E-state index in [1.807, 2.05) is 0 Å². The second kappa shape index (κ2) is 4.23. The Morgan fingerprint density at radius 3 is 2.31 bits per heavy atom. The van der Waals surface area contributed by atoms with E-state index >= 15 is 0 Å². The molecule has 0 aromatic rings. The Labute approximate surface area is 77.3 Å². The SMILES string of the molecule is CCC(C)(NC(C)C(N)=O)C(=O)O. The molecule has 0 heterocycles. The average molecular weight is 188 g/mol. The molecule has 76 valence electrons. The lowest BCUT2D eigenvalue weighted by Gasteiger charge is -2.27. The van der Waals surface area contributed by atoms with E-state index in [9.17, 15) is 9.59 Å². The molecule has 0 radical (unpaired) electrons. The second-order valence-corrected chi connectivity index (χ2v) is 3.26. The van der Waals surface area contributed by atoms with Crippen molar-refractivity contribution in [2.75, 3.05) is 0 Å². The van der Waals surface area contributed by atoms with Gasteiger partial charge in [-0.25, -0.2) is 0 Å². The van der Waals surface area contributed by atoms with E-state index < -0.39 is 23.5 Å². The number of carboxylic acid groups (broad SMARTS) is 1. The van der Waals surface area contributed by atoms with Gasteiger partial charge in [-0.3, -0.25) is 14.9 Å². The quantitative estimate of drug-likeness (QED) is 0.552. The highest BCUT2D eigenvalue weighted by atomic mass is 16.4. The summed E-state index contributed by atoms with van der Waals surface area (Å²) in [6.07, 6.45) is 0.389. The zero-order valence-electron chi connectivity index (χ0n) is 8.13. The number of amides is 1. The molecule has 5 nitrogen and oxygen atoms in total. The van der Waals surface area contributed by atoms with Crippen molar-refractivity contribution in [2.45, 2.75) is 38.8 Å². The molecule has 0 aliphatic rings. The molecule has 2 unspecified atom stereocenters.